The molecule has 0 aliphatic carbocycles. The highest BCUT2D eigenvalue weighted by molar-refractivity contribution is 6.30. The minimum Gasteiger partial charge on any atom is -0.294 e. The van der Waals surface area contributed by atoms with Crippen LogP contribution >= 0.6 is 11.6 Å². The molecule has 1 aromatic rings. The van der Waals surface area contributed by atoms with Gasteiger partial charge in [-0.05, 0) is 18.6 Å². The second-order valence-electron chi connectivity index (χ2n) is 2.68. The zero-order chi connectivity index (χ0) is 8.97. The highest BCUT2D eigenvalue weighted by Crippen LogP contribution is 2.12. The first-order valence-electron chi connectivity index (χ1n) is 4.03. The Balaban J connectivity index is 2.81. The summed E-state index contributed by atoms with van der Waals surface area (Å²) >= 11 is 5.74. The quantitative estimate of drug-likeness (QED) is 0.656. The van der Waals surface area contributed by atoms with Gasteiger partial charge in [-0.1, -0.05) is 30.7 Å². The summed E-state index contributed by atoms with van der Waals surface area (Å²) in [5.41, 5.74) is 0.712. The van der Waals surface area contributed by atoms with Crippen LogP contribution < -0.4 is 0 Å². The van der Waals surface area contributed by atoms with Crippen LogP contribution in [0.25, 0.3) is 0 Å². The van der Waals surface area contributed by atoms with Crippen molar-refractivity contribution in [1.82, 2.24) is 0 Å². The Bertz CT molecular complexity index is 281. The Labute approximate surface area is 77.4 Å². The summed E-state index contributed by atoms with van der Waals surface area (Å²) in [5.74, 6) is 0.167. The van der Waals surface area contributed by atoms with E-state index in [2.05, 4.69) is 0 Å². The summed E-state index contributed by atoms with van der Waals surface area (Å²) in [5, 5.41) is 0.622. The summed E-state index contributed by atoms with van der Waals surface area (Å²) in [4.78, 5) is 11.3. The van der Waals surface area contributed by atoms with Crippen molar-refractivity contribution >= 4 is 17.4 Å². The van der Waals surface area contributed by atoms with Crippen molar-refractivity contribution in [3.63, 3.8) is 0 Å². The molecule has 0 amide bonds. The molecule has 64 valence electrons. The van der Waals surface area contributed by atoms with E-state index in [0.717, 1.165) is 6.42 Å². The van der Waals surface area contributed by atoms with Crippen molar-refractivity contribution in [3.05, 3.63) is 34.9 Å². The maximum absolute atomic E-state index is 11.3. The normalized spacial score (nSPS) is 9.83. The van der Waals surface area contributed by atoms with Gasteiger partial charge in [-0.25, -0.2) is 0 Å². The maximum Gasteiger partial charge on any atom is 0.162 e. The highest BCUT2D eigenvalue weighted by Gasteiger charge is 2.03. The third-order valence-corrected chi connectivity index (χ3v) is 1.86. The Morgan fingerprint density at radius 1 is 1.50 bits per heavy atom. The van der Waals surface area contributed by atoms with Crippen LogP contribution in [0.2, 0.25) is 5.02 Å². The van der Waals surface area contributed by atoms with Gasteiger partial charge in [0.25, 0.3) is 0 Å². The van der Waals surface area contributed by atoms with E-state index in [1.165, 1.54) is 0 Å². The van der Waals surface area contributed by atoms with Gasteiger partial charge >= 0.3 is 0 Å². The number of Topliss-reactive ketones (excluding diaryl/α,β-unsaturated/α-hetero) is 1. The number of carbonyl (C=O) groups excluding carboxylic acids is 1. The monoisotopic (exact) mass is 182 g/mol. The first-order chi connectivity index (χ1) is 5.74. The summed E-state index contributed by atoms with van der Waals surface area (Å²) in [6, 6.07) is 7.07. The Morgan fingerprint density at radius 2 is 2.25 bits per heavy atom. The smallest absolute Gasteiger partial charge is 0.162 e. The van der Waals surface area contributed by atoms with Crippen molar-refractivity contribution in [2.45, 2.75) is 19.8 Å². The molecule has 0 aliphatic heterocycles. The lowest BCUT2D eigenvalue weighted by atomic mass is 10.1. The lowest BCUT2D eigenvalue weighted by Crippen LogP contribution is -1.96. The first kappa shape index (κ1) is 9.27. The second kappa shape index (κ2) is 4.27. The molecule has 0 saturated heterocycles. The molecule has 0 fully saturated rings. The van der Waals surface area contributed by atoms with Gasteiger partial charge in [0.05, 0.1) is 0 Å². The minimum atomic E-state index is 0.167. The van der Waals surface area contributed by atoms with Crippen LogP contribution in [-0.2, 0) is 0 Å². The molecule has 0 heterocycles. The number of benzene rings is 1. The van der Waals surface area contributed by atoms with Crippen LogP contribution in [0.5, 0.6) is 0 Å². The van der Waals surface area contributed by atoms with E-state index in [1.807, 2.05) is 6.92 Å². The van der Waals surface area contributed by atoms with Gasteiger partial charge in [-0.3, -0.25) is 4.79 Å². The summed E-state index contributed by atoms with van der Waals surface area (Å²) in [6.45, 7) is 1.99. The van der Waals surface area contributed by atoms with E-state index in [1.54, 1.807) is 24.3 Å². The fourth-order valence-corrected chi connectivity index (χ4v) is 1.22. The van der Waals surface area contributed by atoms with E-state index in [0.29, 0.717) is 17.0 Å². The molecule has 1 rings (SSSR count). The van der Waals surface area contributed by atoms with Crippen LogP contribution in [0.4, 0.5) is 0 Å². The number of ketones is 1. The minimum absolute atomic E-state index is 0.167. The van der Waals surface area contributed by atoms with E-state index < -0.39 is 0 Å². The molecule has 0 bridgehead atoms. The zero-order valence-corrected chi connectivity index (χ0v) is 7.77. The maximum atomic E-state index is 11.3. The largest absolute Gasteiger partial charge is 0.294 e. The molecule has 0 saturated carbocycles. The number of hydrogen-bond donors (Lipinski definition) is 0. The van der Waals surface area contributed by atoms with Gasteiger partial charge in [0.1, 0.15) is 0 Å². The average molecular weight is 183 g/mol. The van der Waals surface area contributed by atoms with Gasteiger partial charge in [0.2, 0.25) is 0 Å². The van der Waals surface area contributed by atoms with Crippen LogP contribution in [0.3, 0.4) is 0 Å². The van der Waals surface area contributed by atoms with E-state index in [-0.39, 0.29) is 5.78 Å². The van der Waals surface area contributed by atoms with Gasteiger partial charge < -0.3 is 0 Å². The topological polar surface area (TPSA) is 17.1 Å². The lowest BCUT2D eigenvalue weighted by Gasteiger charge is -1.98. The van der Waals surface area contributed by atoms with Crippen molar-refractivity contribution in [2.24, 2.45) is 0 Å². The van der Waals surface area contributed by atoms with Crippen molar-refractivity contribution in [1.29, 1.82) is 0 Å². The lowest BCUT2D eigenvalue weighted by molar-refractivity contribution is 0.0982. The molecule has 0 N–H and O–H groups in total. The average Bonchev–Trinajstić information content (AvgIpc) is 2.05. The third-order valence-electron chi connectivity index (χ3n) is 1.62. The molecular formula is C10H11ClO. The molecule has 0 radical (unpaired) electrons. The summed E-state index contributed by atoms with van der Waals surface area (Å²) in [6.07, 6.45) is 1.48. The predicted octanol–water partition coefficient (Wildman–Crippen LogP) is 3.32. The zero-order valence-electron chi connectivity index (χ0n) is 7.01. The van der Waals surface area contributed by atoms with E-state index in [4.69, 9.17) is 11.6 Å². The van der Waals surface area contributed by atoms with Gasteiger partial charge in [-0.15, -0.1) is 0 Å². The molecule has 0 atom stereocenters. The van der Waals surface area contributed by atoms with Crippen LogP contribution in [0.15, 0.2) is 24.3 Å². The third kappa shape index (κ3) is 2.35. The van der Waals surface area contributed by atoms with E-state index >= 15 is 0 Å². The summed E-state index contributed by atoms with van der Waals surface area (Å²) < 4.78 is 0. The fourth-order valence-electron chi connectivity index (χ4n) is 1.03. The molecule has 1 aromatic carbocycles. The Kier molecular flexibility index (Phi) is 3.30. The van der Waals surface area contributed by atoms with Gasteiger partial charge in [0, 0.05) is 17.0 Å². The standard InChI is InChI=1S/C10H11ClO/c1-2-4-10(12)8-5-3-6-9(11)7-8/h3,5-7H,2,4H2,1H3. The fraction of sp³-hybridized carbons (Fsp3) is 0.300. The number of halogens is 1. The summed E-state index contributed by atoms with van der Waals surface area (Å²) in [7, 11) is 0. The predicted molar refractivity (Wildman–Crippen MR) is 50.7 cm³/mol. The molecule has 0 aliphatic rings. The number of hydrogen-bond acceptors (Lipinski definition) is 1. The van der Waals surface area contributed by atoms with Gasteiger partial charge in [-0.2, -0.15) is 0 Å². The highest BCUT2D eigenvalue weighted by atomic mass is 35.5. The number of rotatable bonds is 3. The van der Waals surface area contributed by atoms with Crippen LogP contribution in [0, 0.1) is 0 Å². The molecule has 0 spiro atoms. The molecule has 12 heavy (non-hydrogen) atoms. The Hall–Kier alpha value is -0.820. The second-order valence-corrected chi connectivity index (χ2v) is 3.12. The van der Waals surface area contributed by atoms with Crippen molar-refractivity contribution in [2.75, 3.05) is 0 Å². The van der Waals surface area contributed by atoms with E-state index in [9.17, 15) is 4.79 Å². The Morgan fingerprint density at radius 3 is 2.83 bits per heavy atom. The molecule has 1 nitrogen and oxygen atoms in total. The first-order valence-corrected chi connectivity index (χ1v) is 4.40. The van der Waals surface area contributed by atoms with Crippen LogP contribution in [0.1, 0.15) is 30.1 Å². The number of carbonyl (C=O) groups is 1. The SMILES string of the molecule is CCCC(=O)c1cccc(Cl)c1. The molecule has 0 unspecified atom stereocenters. The molecule has 0 aromatic heterocycles. The molecule has 2 heteroatoms. The van der Waals surface area contributed by atoms with Crippen molar-refractivity contribution in [3.8, 4) is 0 Å². The molecular weight excluding hydrogens is 172 g/mol. The van der Waals surface area contributed by atoms with Gasteiger partial charge in [0.15, 0.2) is 5.78 Å². The van der Waals surface area contributed by atoms with Crippen LogP contribution in [-0.4, -0.2) is 5.78 Å². The van der Waals surface area contributed by atoms with Crippen molar-refractivity contribution < 1.29 is 4.79 Å².